The number of carbonyl (C=O) groups excluding carboxylic acids is 1. The third kappa shape index (κ3) is 2.70. The van der Waals surface area contributed by atoms with Crippen molar-refractivity contribution >= 4 is 23.1 Å². The summed E-state index contributed by atoms with van der Waals surface area (Å²) in [7, 11) is 0. The molecule has 2 fully saturated rings. The predicted molar refractivity (Wildman–Crippen MR) is 83.5 cm³/mol. The largest absolute Gasteiger partial charge is 0.392 e. The van der Waals surface area contributed by atoms with E-state index in [0.717, 1.165) is 44.9 Å². The van der Waals surface area contributed by atoms with Crippen molar-refractivity contribution in [1.82, 2.24) is 5.32 Å². The molecular weight excluding hydrogens is 272 g/mol. The van der Waals surface area contributed by atoms with Crippen molar-refractivity contribution in [2.24, 2.45) is 11.1 Å². The standard InChI is InChI=1S/C15H26N2O2S/c1-3-14(4-2)10-11(6-9-19-14)17-13(18)15(12(16)20)7-5-8-15/h11H,3-10H2,1-2H3,(H2,16,20)(H,17,18). The van der Waals surface area contributed by atoms with Gasteiger partial charge in [0.1, 0.15) is 0 Å². The number of hydrogen-bond donors (Lipinski definition) is 2. The summed E-state index contributed by atoms with van der Waals surface area (Å²) in [5, 5.41) is 3.18. The van der Waals surface area contributed by atoms with Gasteiger partial charge in [0, 0.05) is 12.6 Å². The zero-order chi connectivity index (χ0) is 14.8. The van der Waals surface area contributed by atoms with E-state index >= 15 is 0 Å². The molecule has 1 atom stereocenters. The minimum absolute atomic E-state index is 0.0317. The Morgan fingerprint density at radius 2 is 2.05 bits per heavy atom. The summed E-state index contributed by atoms with van der Waals surface area (Å²) in [6, 6.07) is 0.183. The number of rotatable bonds is 5. The number of hydrogen-bond acceptors (Lipinski definition) is 3. The monoisotopic (exact) mass is 298 g/mol. The third-order valence-electron chi connectivity index (χ3n) is 5.23. The van der Waals surface area contributed by atoms with E-state index in [0.29, 0.717) is 11.6 Å². The minimum Gasteiger partial charge on any atom is -0.392 e. The fourth-order valence-electron chi connectivity index (χ4n) is 3.33. The van der Waals surface area contributed by atoms with Gasteiger partial charge in [-0.05, 0) is 38.5 Å². The maximum Gasteiger partial charge on any atom is 0.233 e. The van der Waals surface area contributed by atoms with Crippen LogP contribution in [0, 0.1) is 5.41 Å². The Bertz CT molecular complexity index is 389. The summed E-state index contributed by atoms with van der Waals surface area (Å²) in [5.41, 5.74) is 5.14. The van der Waals surface area contributed by atoms with Crippen LogP contribution in [-0.2, 0) is 9.53 Å². The highest BCUT2D eigenvalue weighted by molar-refractivity contribution is 7.80. The highest BCUT2D eigenvalue weighted by atomic mass is 32.1. The van der Waals surface area contributed by atoms with Gasteiger partial charge in [0.25, 0.3) is 0 Å². The quantitative estimate of drug-likeness (QED) is 0.764. The number of amides is 1. The van der Waals surface area contributed by atoms with Gasteiger partial charge in [0.2, 0.25) is 5.91 Å². The van der Waals surface area contributed by atoms with Crippen molar-refractivity contribution in [1.29, 1.82) is 0 Å². The molecular formula is C15H26N2O2S. The van der Waals surface area contributed by atoms with E-state index in [9.17, 15) is 4.79 Å². The van der Waals surface area contributed by atoms with Crippen molar-refractivity contribution in [3.8, 4) is 0 Å². The summed E-state index contributed by atoms with van der Waals surface area (Å²) >= 11 is 5.11. The molecule has 0 spiro atoms. The van der Waals surface area contributed by atoms with Gasteiger partial charge in [-0.15, -0.1) is 0 Å². The molecule has 1 amide bonds. The van der Waals surface area contributed by atoms with Crippen LogP contribution < -0.4 is 11.1 Å². The molecule has 3 N–H and O–H groups in total. The lowest BCUT2D eigenvalue weighted by atomic mass is 9.67. The Morgan fingerprint density at radius 1 is 1.40 bits per heavy atom. The van der Waals surface area contributed by atoms with Gasteiger partial charge in [-0.1, -0.05) is 32.5 Å². The molecule has 1 unspecified atom stereocenters. The summed E-state index contributed by atoms with van der Waals surface area (Å²) in [5.74, 6) is 0.0317. The van der Waals surface area contributed by atoms with Gasteiger partial charge in [-0.25, -0.2) is 0 Å². The summed E-state index contributed by atoms with van der Waals surface area (Å²) in [6.45, 7) is 5.01. The topological polar surface area (TPSA) is 64.4 Å². The number of ether oxygens (including phenoxy) is 1. The first-order valence-corrected chi connectivity index (χ1v) is 8.14. The second-order valence-electron chi connectivity index (χ2n) is 6.20. The van der Waals surface area contributed by atoms with Gasteiger partial charge in [0.05, 0.1) is 16.0 Å². The molecule has 20 heavy (non-hydrogen) atoms. The van der Waals surface area contributed by atoms with E-state index in [-0.39, 0.29) is 17.6 Å². The van der Waals surface area contributed by atoms with Crippen LogP contribution in [0.5, 0.6) is 0 Å². The van der Waals surface area contributed by atoms with Crippen LogP contribution in [0.15, 0.2) is 0 Å². The molecule has 1 aliphatic heterocycles. The SMILES string of the molecule is CCC1(CC)CC(NC(=O)C2(C(N)=S)CCC2)CCO1. The van der Waals surface area contributed by atoms with Crippen LogP contribution in [0.3, 0.4) is 0 Å². The van der Waals surface area contributed by atoms with Crippen molar-refractivity contribution < 1.29 is 9.53 Å². The van der Waals surface area contributed by atoms with Crippen LogP contribution in [0.2, 0.25) is 0 Å². The summed E-state index contributed by atoms with van der Waals surface area (Å²) in [6.07, 6.45) is 6.35. The van der Waals surface area contributed by atoms with Crippen molar-refractivity contribution in [2.75, 3.05) is 6.61 Å². The second-order valence-corrected chi connectivity index (χ2v) is 6.64. The average molecular weight is 298 g/mol. The van der Waals surface area contributed by atoms with Gasteiger partial charge < -0.3 is 15.8 Å². The first-order chi connectivity index (χ1) is 9.48. The molecule has 5 heteroatoms. The maximum atomic E-state index is 12.5. The maximum absolute atomic E-state index is 12.5. The van der Waals surface area contributed by atoms with Gasteiger partial charge in [-0.3, -0.25) is 4.79 Å². The smallest absolute Gasteiger partial charge is 0.233 e. The molecule has 2 aliphatic rings. The molecule has 0 aromatic carbocycles. The fourth-order valence-corrected chi connectivity index (χ4v) is 3.63. The third-order valence-corrected chi connectivity index (χ3v) is 5.62. The predicted octanol–water partition coefficient (Wildman–Crippen LogP) is 2.30. The van der Waals surface area contributed by atoms with Crippen LogP contribution in [-0.4, -0.2) is 29.1 Å². The second kappa shape index (κ2) is 5.98. The van der Waals surface area contributed by atoms with E-state index in [1.54, 1.807) is 0 Å². The molecule has 0 aromatic heterocycles. The Hall–Kier alpha value is -0.680. The first kappa shape index (κ1) is 15.7. The normalized spacial score (nSPS) is 27.4. The molecule has 4 nitrogen and oxygen atoms in total. The van der Waals surface area contributed by atoms with Gasteiger partial charge in [0.15, 0.2) is 0 Å². The van der Waals surface area contributed by atoms with E-state index in [1.165, 1.54) is 0 Å². The molecule has 0 aromatic rings. The highest BCUT2D eigenvalue weighted by Crippen LogP contribution is 2.42. The number of carbonyl (C=O) groups is 1. The fraction of sp³-hybridized carbons (Fsp3) is 0.867. The number of nitrogens with one attached hydrogen (secondary N) is 1. The van der Waals surface area contributed by atoms with E-state index in [2.05, 4.69) is 19.2 Å². The van der Waals surface area contributed by atoms with Crippen molar-refractivity contribution in [3.05, 3.63) is 0 Å². The Labute approximate surface area is 126 Å². The number of thiocarbonyl (C=S) groups is 1. The van der Waals surface area contributed by atoms with E-state index in [1.807, 2.05) is 0 Å². The Balaban J connectivity index is 1.99. The van der Waals surface area contributed by atoms with Gasteiger partial charge >= 0.3 is 0 Å². The lowest BCUT2D eigenvalue weighted by molar-refractivity contribution is -0.135. The highest BCUT2D eigenvalue weighted by Gasteiger charge is 2.48. The molecule has 114 valence electrons. The Kier molecular flexibility index (Phi) is 4.69. The summed E-state index contributed by atoms with van der Waals surface area (Å²) in [4.78, 5) is 12.9. The molecule has 1 aliphatic carbocycles. The molecule has 1 saturated carbocycles. The van der Waals surface area contributed by atoms with Gasteiger partial charge in [-0.2, -0.15) is 0 Å². The molecule has 2 rings (SSSR count). The molecule has 1 saturated heterocycles. The molecule has 0 radical (unpaired) electrons. The lowest BCUT2D eigenvalue weighted by Gasteiger charge is -2.43. The van der Waals surface area contributed by atoms with Crippen LogP contribution >= 0.6 is 12.2 Å². The molecule has 0 bridgehead atoms. The Morgan fingerprint density at radius 3 is 2.50 bits per heavy atom. The number of nitrogens with two attached hydrogens (primary N) is 1. The lowest BCUT2D eigenvalue weighted by Crippen LogP contribution is -2.57. The zero-order valence-electron chi connectivity index (χ0n) is 12.5. The minimum atomic E-state index is -0.575. The van der Waals surface area contributed by atoms with Crippen LogP contribution in [0.25, 0.3) is 0 Å². The van der Waals surface area contributed by atoms with E-state index < -0.39 is 5.41 Å². The zero-order valence-corrected chi connectivity index (χ0v) is 13.4. The van der Waals surface area contributed by atoms with Crippen LogP contribution in [0.4, 0.5) is 0 Å². The first-order valence-electron chi connectivity index (χ1n) is 7.73. The van der Waals surface area contributed by atoms with Crippen molar-refractivity contribution in [3.63, 3.8) is 0 Å². The van der Waals surface area contributed by atoms with Crippen LogP contribution in [0.1, 0.15) is 58.8 Å². The van der Waals surface area contributed by atoms with E-state index in [4.69, 9.17) is 22.7 Å². The average Bonchev–Trinajstić information content (AvgIpc) is 2.37. The summed E-state index contributed by atoms with van der Waals surface area (Å²) < 4.78 is 5.95. The van der Waals surface area contributed by atoms with Crippen molar-refractivity contribution in [2.45, 2.75) is 70.4 Å². The molecule has 1 heterocycles.